The number of aliphatic hydroxyl groups excluding tert-OH is 2. The fraction of sp³-hybridized carbons (Fsp3) is 1.00. The molecule has 0 rings (SSSR count). The molecule has 2 nitrogen and oxygen atoms in total. The van der Waals surface area contributed by atoms with Gasteiger partial charge in [0.25, 0.3) is 0 Å². The highest BCUT2D eigenvalue weighted by Gasteiger charge is 2.08. The Morgan fingerprint density at radius 1 is 0.323 bits per heavy atom. The molecule has 0 fully saturated rings. The third-order valence-corrected chi connectivity index (χ3v) is 6.86. The van der Waals surface area contributed by atoms with E-state index in [1.165, 1.54) is 116 Å². The SMILES string of the molecule is CCCCCCCCCCCCCCCCCCCCC[C@H](O)CC[C@H](O)CCCC. The van der Waals surface area contributed by atoms with Gasteiger partial charge in [-0.25, -0.2) is 0 Å². The lowest BCUT2D eigenvalue weighted by Gasteiger charge is -2.14. The molecule has 0 saturated carbocycles. The Hall–Kier alpha value is -0.0800. The molecule has 2 heteroatoms. The molecule has 188 valence electrons. The van der Waals surface area contributed by atoms with Crippen LogP contribution in [-0.2, 0) is 0 Å². The van der Waals surface area contributed by atoms with E-state index in [0.29, 0.717) is 0 Å². The molecule has 0 saturated heterocycles. The van der Waals surface area contributed by atoms with Gasteiger partial charge in [-0.2, -0.15) is 0 Å². The normalized spacial score (nSPS) is 13.5. The summed E-state index contributed by atoms with van der Waals surface area (Å²) in [6, 6.07) is 0. The second-order valence-corrected chi connectivity index (χ2v) is 10.2. The molecule has 0 unspecified atom stereocenters. The van der Waals surface area contributed by atoms with Crippen LogP contribution in [-0.4, -0.2) is 22.4 Å². The monoisotopic (exact) mass is 440 g/mol. The smallest absolute Gasteiger partial charge is 0.0541 e. The van der Waals surface area contributed by atoms with E-state index in [1.54, 1.807) is 0 Å². The van der Waals surface area contributed by atoms with Gasteiger partial charge in [0.1, 0.15) is 0 Å². The fourth-order valence-electron chi connectivity index (χ4n) is 4.57. The van der Waals surface area contributed by atoms with Gasteiger partial charge in [0.05, 0.1) is 12.2 Å². The van der Waals surface area contributed by atoms with Crippen molar-refractivity contribution >= 4 is 0 Å². The van der Waals surface area contributed by atoms with Crippen LogP contribution in [0.4, 0.5) is 0 Å². The third kappa shape index (κ3) is 26.1. The Kier molecular flexibility index (Phi) is 26.1. The summed E-state index contributed by atoms with van der Waals surface area (Å²) in [7, 11) is 0. The summed E-state index contributed by atoms with van der Waals surface area (Å²) in [6.45, 7) is 4.45. The molecule has 0 aromatic carbocycles. The van der Waals surface area contributed by atoms with Gasteiger partial charge in [0.15, 0.2) is 0 Å². The zero-order valence-corrected chi connectivity index (χ0v) is 21.7. The zero-order chi connectivity index (χ0) is 22.8. The Bertz CT molecular complexity index is 318. The molecular formula is C29H60O2. The second-order valence-electron chi connectivity index (χ2n) is 10.2. The molecule has 0 heterocycles. The molecule has 0 aliphatic carbocycles. The van der Waals surface area contributed by atoms with Crippen LogP contribution in [0.25, 0.3) is 0 Å². The lowest BCUT2D eigenvalue weighted by Crippen LogP contribution is -2.13. The Morgan fingerprint density at radius 2 is 0.581 bits per heavy atom. The first-order valence-corrected chi connectivity index (χ1v) is 14.6. The number of aliphatic hydroxyl groups is 2. The molecule has 0 aromatic heterocycles. The van der Waals surface area contributed by atoms with Gasteiger partial charge >= 0.3 is 0 Å². The van der Waals surface area contributed by atoms with Gasteiger partial charge in [-0.1, -0.05) is 149 Å². The van der Waals surface area contributed by atoms with E-state index < -0.39 is 0 Å². The van der Waals surface area contributed by atoms with Gasteiger partial charge in [-0.05, 0) is 25.7 Å². The maximum Gasteiger partial charge on any atom is 0.0541 e. The van der Waals surface area contributed by atoms with E-state index in [4.69, 9.17) is 0 Å². The molecule has 0 aromatic rings. The third-order valence-electron chi connectivity index (χ3n) is 6.86. The summed E-state index contributed by atoms with van der Waals surface area (Å²) in [4.78, 5) is 0. The van der Waals surface area contributed by atoms with E-state index in [-0.39, 0.29) is 12.2 Å². The van der Waals surface area contributed by atoms with Crippen molar-refractivity contribution < 1.29 is 10.2 Å². The molecule has 31 heavy (non-hydrogen) atoms. The van der Waals surface area contributed by atoms with Crippen LogP contribution in [0.5, 0.6) is 0 Å². The van der Waals surface area contributed by atoms with Crippen molar-refractivity contribution in [3.05, 3.63) is 0 Å². The minimum atomic E-state index is -0.209. The maximum absolute atomic E-state index is 10.1. The van der Waals surface area contributed by atoms with E-state index in [2.05, 4.69) is 13.8 Å². The van der Waals surface area contributed by atoms with E-state index >= 15 is 0 Å². The summed E-state index contributed by atoms with van der Waals surface area (Å²) in [5.41, 5.74) is 0. The van der Waals surface area contributed by atoms with Crippen LogP contribution in [0.15, 0.2) is 0 Å². The highest BCUT2D eigenvalue weighted by atomic mass is 16.3. The molecular weight excluding hydrogens is 380 g/mol. The molecule has 0 radical (unpaired) electrons. The highest BCUT2D eigenvalue weighted by Crippen LogP contribution is 2.16. The average Bonchev–Trinajstić information content (AvgIpc) is 2.77. The summed E-state index contributed by atoms with van der Waals surface area (Å²) in [6.07, 6.45) is 31.8. The first kappa shape index (κ1) is 30.9. The Balaban J connectivity index is 3.15. The quantitative estimate of drug-likeness (QED) is 0.131. The Labute approximate surface area is 197 Å². The molecule has 0 amide bonds. The summed E-state index contributed by atoms with van der Waals surface area (Å²) >= 11 is 0. The van der Waals surface area contributed by atoms with Gasteiger partial charge in [-0.3, -0.25) is 0 Å². The number of rotatable bonds is 26. The van der Waals surface area contributed by atoms with Crippen LogP contribution in [0.2, 0.25) is 0 Å². The predicted molar refractivity (Wildman–Crippen MR) is 139 cm³/mol. The molecule has 0 aliphatic heterocycles. The van der Waals surface area contributed by atoms with Gasteiger partial charge in [0.2, 0.25) is 0 Å². The highest BCUT2D eigenvalue weighted by molar-refractivity contribution is 4.62. The lowest BCUT2D eigenvalue weighted by molar-refractivity contribution is 0.101. The maximum atomic E-state index is 10.1. The summed E-state index contributed by atoms with van der Waals surface area (Å²) in [5, 5.41) is 19.9. The number of hydrogen-bond acceptors (Lipinski definition) is 2. The zero-order valence-electron chi connectivity index (χ0n) is 21.7. The van der Waals surface area contributed by atoms with E-state index in [1.807, 2.05) is 0 Å². The van der Waals surface area contributed by atoms with Gasteiger partial charge in [0, 0.05) is 0 Å². The van der Waals surface area contributed by atoms with Gasteiger partial charge < -0.3 is 10.2 Å². The standard InChI is InChI=1S/C29H60O2/c1-3-5-7-8-9-10-11-12-13-14-15-16-17-18-19-20-21-22-23-25-29(31)27-26-28(30)24-6-4-2/h28-31H,3-27H2,1-2H3/t28-,29+/m1/s1. The summed E-state index contributed by atoms with van der Waals surface area (Å²) < 4.78 is 0. The molecule has 2 N–H and O–H groups in total. The minimum absolute atomic E-state index is 0.206. The van der Waals surface area contributed by atoms with Crippen LogP contribution in [0.3, 0.4) is 0 Å². The van der Waals surface area contributed by atoms with Crippen molar-refractivity contribution in [3.63, 3.8) is 0 Å². The fourth-order valence-corrected chi connectivity index (χ4v) is 4.57. The average molecular weight is 441 g/mol. The van der Waals surface area contributed by atoms with Crippen molar-refractivity contribution in [2.24, 2.45) is 0 Å². The molecule has 2 atom stereocenters. The first-order valence-electron chi connectivity index (χ1n) is 14.6. The minimum Gasteiger partial charge on any atom is -0.393 e. The second kappa shape index (κ2) is 26.2. The van der Waals surface area contributed by atoms with Crippen LogP contribution in [0.1, 0.15) is 174 Å². The van der Waals surface area contributed by atoms with Crippen LogP contribution >= 0.6 is 0 Å². The van der Waals surface area contributed by atoms with Gasteiger partial charge in [-0.15, -0.1) is 0 Å². The van der Waals surface area contributed by atoms with Crippen molar-refractivity contribution in [2.45, 2.75) is 187 Å². The van der Waals surface area contributed by atoms with E-state index in [9.17, 15) is 10.2 Å². The summed E-state index contributed by atoms with van der Waals surface area (Å²) in [5.74, 6) is 0. The molecule has 0 bridgehead atoms. The lowest BCUT2D eigenvalue weighted by atomic mass is 10.0. The largest absolute Gasteiger partial charge is 0.393 e. The number of unbranched alkanes of at least 4 members (excludes halogenated alkanes) is 19. The van der Waals surface area contributed by atoms with Crippen molar-refractivity contribution in [1.29, 1.82) is 0 Å². The Morgan fingerprint density at radius 3 is 0.903 bits per heavy atom. The van der Waals surface area contributed by atoms with Crippen LogP contribution in [0, 0.1) is 0 Å². The van der Waals surface area contributed by atoms with Crippen molar-refractivity contribution in [1.82, 2.24) is 0 Å². The first-order chi connectivity index (χ1) is 15.2. The van der Waals surface area contributed by atoms with Crippen LogP contribution < -0.4 is 0 Å². The van der Waals surface area contributed by atoms with E-state index in [0.717, 1.165) is 44.9 Å². The topological polar surface area (TPSA) is 40.5 Å². The predicted octanol–water partition coefficient (Wildman–Crippen LogP) is 9.50. The number of hydrogen-bond donors (Lipinski definition) is 2. The van der Waals surface area contributed by atoms with Crippen molar-refractivity contribution in [2.75, 3.05) is 0 Å². The molecule has 0 aliphatic rings. The molecule has 0 spiro atoms. The van der Waals surface area contributed by atoms with Crippen molar-refractivity contribution in [3.8, 4) is 0 Å².